The molecular weight excluding hydrogens is 264 g/mol. The van der Waals surface area contributed by atoms with Crippen molar-refractivity contribution in [1.82, 2.24) is 10.6 Å². The Morgan fingerprint density at radius 1 is 1.25 bits per heavy atom. The first-order chi connectivity index (χ1) is 9.54. The SMILES string of the molecule is O=C(NCc1ccc(C(=O)O)o1)NC1CCC(O)CC1. The standard InChI is InChI=1S/C13H18N2O5/c16-9-3-1-8(2-4-9)15-13(19)14-7-10-5-6-11(20-10)12(17)18/h5-6,8-9,16H,1-4,7H2,(H,17,18)(H2,14,15,19). The minimum absolute atomic E-state index is 0.0737. The summed E-state index contributed by atoms with van der Waals surface area (Å²) in [5.74, 6) is -0.901. The van der Waals surface area contributed by atoms with E-state index in [1.54, 1.807) is 0 Å². The van der Waals surface area contributed by atoms with Crippen LogP contribution >= 0.6 is 0 Å². The molecule has 7 heteroatoms. The Morgan fingerprint density at radius 2 is 1.95 bits per heavy atom. The van der Waals surface area contributed by atoms with E-state index >= 15 is 0 Å². The summed E-state index contributed by atoms with van der Waals surface area (Å²) in [6, 6.07) is 2.62. The largest absolute Gasteiger partial charge is 0.475 e. The second-order valence-electron chi connectivity index (χ2n) is 4.90. The van der Waals surface area contributed by atoms with E-state index in [1.807, 2.05) is 0 Å². The van der Waals surface area contributed by atoms with Crippen molar-refractivity contribution < 1.29 is 24.2 Å². The van der Waals surface area contributed by atoms with Crippen molar-refractivity contribution in [1.29, 1.82) is 0 Å². The Balaban J connectivity index is 1.73. The quantitative estimate of drug-likeness (QED) is 0.660. The van der Waals surface area contributed by atoms with Gasteiger partial charge in [0, 0.05) is 6.04 Å². The van der Waals surface area contributed by atoms with Crippen molar-refractivity contribution in [2.45, 2.75) is 44.4 Å². The number of aromatic carboxylic acids is 1. The maximum atomic E-state index is 11.7. The summed E-state index contributed by atoms with van der Waals surface area (Å²) >= 11 is 0. The van der Waals surface area contributed by atoms with Gasteiger partial charge in [-0.25, -0.2) is 9.59 Å². The zero-order chi connectivity index (χ0) is 14.5. The first-order valence-electron chi connectivity index (χ1n) is 6.59. The first-order valence-corrected chi connectivity index (χ1v) is 6.59. The van der Waals surface area contributed by atoms with Crippen molar-refractivity contribution in [2.75, 3.05) is 0 Å². The van der Waals surface area contributed by atoms with Gasteiger partial charge in [0.25, 0.3) is 0 Å². The fourth-order valence-corrected chi connectivity index (χ4v) is 2.21. The second kappa shape index (κ2) is 6.42. The zero-order valence-corrected chi connectivity index (χ0v) is 11.0. The van der Waals surface area contributed by atoms with Crippen LogP contribution in [0.2, 0.25) is 0 Å². The molecule has 2 amide bonds. The molecule has 0 bridgehead atoms. The summed E-state index contributed by atoms with van der Waals surface area (Å²) in [4.78, 5) is 22.3. The number of furan rings is 1. The van der Waals surface area contributed by atoms with Gasteiger partial charge in [0.15, 0.2) is 0 Å². The fraction of sp³-hybridized carbons (Fsp3) is 0.538. The van der Waals surface area contributed by atoms with Crippen LogP contribution in [-0.2, 0) is 6.54 Å². The molecule has 110 valence electrons. The summed E-state index contributed by atoms with van der Waals surface area (Å²) in [5, 5.41) is 23.5. The molecule has 1 aromatic rings. The van der Waals surface area contributed by atoms with Crippen molar-refractivity contribution >= 4 is 12.0 Å². The lowest BCUT2D eigenvalue weighted by Crippen LogP contribution is -2.43. The highest BCUT2D eigenvalue weighted by atomic mass is 16.4. The Kier molecular flexibility index (Phi) is 4.62. The highest BCUT2D eigenvalue weighted by Crippen LogP contribution is 2.18. The number of amides is 2. The van der Waals surface area contributed by atoms with Gasteiger partial charge >= 0.3 is 12.0 Å². The van der Waals surface area contributed by atoms with Crippen LogP contribution in [0.4, 0.5) is 4.79 Å². The van der Waals surface area contributed by atoms with Gasteiger partial charge in [-0.05, 0) is 37.8 Å². The van der Waals surface area contributed by atoms with Crippen molar-refractivity contribution in [3.63, 3.8) is 0 Å². The molecule has 0 atom stereocenters. The first kappa shape index (κ1) is 14.4. The van der Waals surface area contributed by atoms with Gasteiger partial charge in [-0.2, -0.15) is 0 Å². The Hall–Kier alpha value is -2.02. The predicted molar refractivity (Wildman–Crippen MR) is 69.3 cm³/mol. The summed E-state index contributed by atoms with van der Waals surface area (Å²) in [7, 11) is 0. The van der Waals surface area contributed by atoms with Crippen LogP contribution < -0.4 is 10.6 Å². The van der Waals surface area contributed by atoms with E-state index in [4.69, 9.17) is 9.52 Å². The number of urea groups is 1. The number of carboxylic acids is 1. The van der Waals surface area contributed by atoms with Gasteiger partial charge < -0.3 is 25.3 Å². The van der Waals surface area contributed by atoms with Crippen LogP contribution in [0.5, 0.6) is 0 Å². The highest BCUT2D eigenvalue weighted by Gasteiger charge is 2.20. The molecule has 7 nitrogen and oxygen atoms in total. The Labute approximate surface area is 116 Å². The van der Waals surface area contributed by atoms with Gasteiger partial charge in [-0.15, -0.1) is 0 Å². The molecule has 0 aliphatic heterocycles. The van der Waals surface area contributed by atoms with Gasteiger partial charge in [0.1, 0.15) is 5.76 Å². The molecule has 0 radical (unpaired) electrons. The summed E-state index contributed by atoms with van der Waals surface area (Å²) in [6.45, 7) is 0.133. The average Bonchev–Trinajstić information content (AvgIpc) is 2.88. The molecule has 1 aromatic heterocycles. The summed E-state index contributed by atoms with van der Waals surface area (Å²) in [5.41, 5.74) is 0. The molecule has 0 aromatic carbocycles. The third-order valence-corrected chi connectivity index (χ3v) is 3.33. The van der Waals surface area contributed by atoms with Crippen LogP contribution in [0.1, 0.15) is 42.0 Å². The highest BCUT2D eigenvalue weighted by molar-refractivity contribution is 5.84. The lowest BCUT2D eigenvalue weighted by atomic mass is 9.93. The van der Waals surface area contributed by atoms with Crippen LogP contribution in [-0.4, -0.2) is 34.4 Å². The van der Waals surface area contributed by atoms with Gasteiger partial charge in [-0.1, -0.05) is 0 Å². The van der Waals surface area contributed by atoms with E-state index < -0.39 is 5.97 Å². The molecular formula is C13H18N2O5. The molecule has 1 aliphatic carbocycles. The monoisotopic (exact) mass is 282 g/mol. The second-order valence-corrected chi connectivity index (χ2v) is 4.90. The minimum Gasteiger partial charge on any atom is -0.475 e. The molecule has 0 spiro atoms. The number of aliphatic hydroxyl groups excluding tert-OH is 1. The van der Waals surface area contributed by atoms with Gasteiger partial charge in [-0.3, -0.25) is 0 Å². The summed E-state index contributed by atoms with van der Waals surface area (Å²) < 4.78 is 5.02. The van der Waals surface area contributed by atoms with Crippen LogP contribution in [0.15, 0.2) is 16.5 Å². The van der Waals surface area contributed by atoms with Crippen molar-refractivity contribution in [3.8, 4) is 0 Å². The molecule has 0 saturated heterocycles. The number of aliphatic hydroxyl groups is 1. The Bertz CT molecular complexity index is 477. The number of carbonyl (C=O) groups excluding carboxylic acids is 1. The average molecular weight is 282 g/mol. The van der Waals surface area contributed by atoms with Crippen molar-refractivity contribution in [3.05, 3.63) is 23.7 Å². The topological polar surface area (TPSA) is 112 Å². The number of hydrogen-bond acceptors (Lipinski definition) is 4. The molecule has 1 heterocycles. The van der Waals surface area contributed by atoms with Crippen molar-refractivity contribution in [2.24, 2.45) is 0 Å². The maximum Gasteiger partial charge on any atom is 0.371 e. The number of nitrogens with one attached hydrogen (secondary N) is 2. The lowest BCUT2D eigenvalue weighted by Gasteiger charge is -2.26. The number of rotatable bonds is 4. The smallest absolute Gasteiger partial charge is 0.371 e. The Morgan fingerprint density at radius 3 is 2.55 bits per heavy atom. The third-order valence-electron chi connectivity index (χ3n) is 3.33. The molecule has 1 aliphatic rings. The van der Waals surface area contributed by atoms with E-state index in [0.717, 1.165) is 12.8 Å². The van der Waals surface area contributed by atoms with E-state index in [9.17, 15) is 14.7 Å². The molecule has 0 unspecified atom stereocenters. The van der Waals surface area contributed by atoms with Crippen LogP contribution in [0.25, 0.3) is 0 Å². The molecule has 1 fully saturated rings. The van der Waals surface area contributed by atoms with Gasteiger partial charge in [0.05, 0.1) is 12.6 Å². The molecule has 4 N–H and O–H groups in total. The lowest BCUT2D eigenvalue weighted by molar-refractivity contribution is 0.0660. The van der Waals surface area contributed by atoms with Crippen LogP contribution in [0.3, 0.4) is 0 Å². The van der Waals surface area contributed by atoms with E-state index in [1.165, 1.54) is 12.1 Å². The zero-order valence-electron chi connectivity index (χ0n) is 11.0. The third kappa shape index (κ3) is 3.99. The number of hydrogen-bond donors (Lipinski definition) is 4. The summed E-state index contributed by atoms with van der Waals surface area (Å²) in [6.07, 6.45) is 2.67. The molecule has 20 heavy (non-hydrogen) atoms. The van der Waals surface area contributed by atoms with E-state index in [0.29, 0.717) is 18.6 Å². The number of carboxylic acid groups (broad SMARTS) is 1. The van der Waals surface area contributed by atoms with Crippen LogP contribution in [0, 0.1) is 0 Å². The molecule has 2 rings (SSSR count). The fourth-order valence-electron chi connectivity index (χ4n) is 2.21. The normalized spacial score (nSPS) is 22.2. The molecule has 1 saturated carbocycles. The minimum atomic E-state index is -1.14. The number of carbonyl (C=O) groups is 2. The van der Waals surface area contributed by atoms with E-state index in [2.05, 4.69) is 10.6 Å². The maximum absolute atomic E-state index is 11.7. The van der Waals surface area contributed by atoms with Gasteiger partial charge in [0.2, 0.25) is 5.76 Å². The van der Waals surface area contributed by atoms with E-state index in [-0.39, 0.29) is 30.5 Å². The predicted octanol–water partition coefficient (Wildman–Crippen LogP) is 1.08.